The molecule has 28 heavy (non-hydrogen) atoms. The molecule has 0 radical (unpaired) electrons. The van der Waals surface area contributed by atoms with Crippen molar-refractivity contribution in [3.8, 4) is 5.75 Å². The van der Waals surface area contributed by atoms with Crippen LogP contribution >= 0.6 is 35.3 Å². The van der Waals surface area contributed by atoms with Gasteiger partial charge in [-0.15, -0.1) is 35.3 Å². The summed E-state index contributed by atoms with van der Waals surface area (Å²) in [6, 6.07) is 10.1. The summed E-state index contributed by atoms with van der Waals surface area (Å²) in [4.78, 5) is 16.8. The van der Waals surface area contributed by atoms with Crippen molar-refractivity contribution in [2.24, 2.45) is 4.99 Å². The lowest BCUT2D eigenvalue weighted by molar-refractivity contribution is 0.0957. The fourth-order valence-corrected chi connectivity index (χ4v) is 3.57. The van der Waals surface area contributed by atoms with Crippen LogP contribution in [0.15, 0.2) is 40.7 Å². The molecule has 6 nitrogen and oxygen atoms in total. The average Bonchev–Trinajstić information content (AvgIpc) is 3.37. The zero-order valence-electron chi connectivity index (χ0n) is 16.0. The van der Waals surface area contributed by atoms with Crippen LogP contribution in [0.1, 0.15) is 27.2 Å². The molecule has 1 aromatic carbocycles. The van der Waals surface area contributed by atoms with Gasteiger partial charge in [0.25, 0.3) is 5.91 Å². The third-order valence-electron chi connectivity index (χ3n) is 4.36. The number of nitrogens with one attached hydrogen (secondary N) is 3. The summed E-state index contributed by atoms with van der Waals surface area (Å²) < 4.78 is 5.54. The number of aliphatic imine (C=N–C) groups is 1. The molecule has 0 atom stereocenters. The van der Waals surface area contributed by atoms with Crippen molar-refractivity contribution in [1.82, 2.24) is 16.0 Å². The second-order valence-electron chi connectivity index (χ2n) is 6.30. The van der Waals surface area contributed by atoms with Crippen LogP contribution in [0, 0.1) is 0 Å². The Bertz CT molecular complexity index is 781. The van der Waals surface area contributed by atoms with Crippen LogP contribution in [0.25, 0.3) is 0 Å². The number of carbonyl (C=O) groups is 1. The predicted molar refractivity (Wildman–Crippen MR) is 125 cm³/mol. The smallest absolute Gasteiger partial charge is 0.261 e. The van der Waals surface area contributed by atoms with E-state index in [4.69, 9.17) is 4.74 Å². The second-order valence-corrected chi connectivity index (χ2v) is 7.25. The Morgan fingerprint density at radius 2 is 2.00 bits per heavy atom. The van der Waals surface area contributed by atoms with Gasteiger partial charge in [-0.3, -0.25) is 9.79 Å². The van der Waals surface area contributed by atoms with E-state index in [1.165, 1.54) is 22.5 Å². The molecule has 0 saturated heterocycles. The van der Waals surface area contributed by atoms with E-state index in [1.54, 1.807) is 7.05 Å². The Kier molecular flexibility index (Phi) is 9.56. The van der Waals surface area contributed by atoms with Gasteiger partial charge in [0.05, 0.1) is 11.5 Å². The van der Waals surface area contributed by atoms with Gasteiger partial charge < -0.3 is 20.7 Å². The topological polar surface area (TPSA) is 74.8 Å². The zero-order chi connectivity index (χ0) is 18.9. The first-order valence-electron chi connectivity index (χ1n) is 9.27. The highest BCUT2D eigenvalue weighted by Crippen LogP contribution is 2.25. The number of benzene rings is 1. The highest BCUT2D eigenvalue weighted by molar-refractivity contribution is 14.0. The molecule has 3 N–H and O–H groups in total. The molecule has 1 aliphatic heterocycles. The molecule has 3 rings (SSSR count). The first-order valence-corrected chi connectivity index (χ1v) is 10.1. The van der Waals surface area contributed by atoms with E-state index in [2.05, 4.69) is 39.1 Å². The molecule has 152 valence electrons. The van der Waals surface area contributed by atoms with Crippen LogP contribution in [0.4, 0.5) is 0 Å². The largest absolute Gasteiger partial charge is 0.493 e. The number of ether oxygens (including phenoxy) is 1. The van der Waals surface area contributed by atoms with Crippen molar-refractivity contribution >= 4 is 47.2 Å². The number of hydrogen-bond donors (Lipinski definition) is 3. The second kappa shape index (κ2) is 11.9. The Labute approximate surface area is 187 Å². The molecule has 0 spiro atoms. The minimum atomic E-state index is -0.00717. The highest BCUT2D eigenvalue weighted by Gasteiger charge is 2.11. The summed E-state index contributed by atoms with van der Waals surface area (Å²) in [5.74, 6) is 1.80. The molecule has 2 heterocycles. The van der Waals surface area contributed by atoms with Crippen LogP contribution in [-0.4, -0.2) is 45.2 Å². The summed E-state index contributed by atoms with van der Waals surface area (Å²) >= 11 is 1.45. The van der Waals surface area contributed by atoms with Gasteiger partial charge in [-0.05, 0) is 41.5 Å². The van der Waals surface area contributed by atoms with Gasteiger partial charge in [0.15, 0.2) is 5.96 Å². The Morgan fingerprint density at radius 1 is 1.18 bits per heavy atom. The summed E-state index contributed by atoms with van der Waals surface area (Å²) in [7, 11) is 1.76. The third-order valence-corrected chi connectivity index (χ3v) is 5.23. The van der Waals surface area contributed by atoms with E-state index in [9.17, 15) is 4.79 Å². The van der Waals surface area contributed by atoms with Crippen molar-refractivity contribution in [3.05, 3.63) is 51.7 Å². The zero-order valence-corrected chi connectivity index (χ0v) is 19.1. The molecular weight excluding hydrogens is 487 g/mol. The van der Waals surface area contributed by atoms with E-state index in [-0.39, 0.29) is 29.9 Å². The van der Waals surface area contributed by atoms with E-state index in [1.807, 2.05) is 17.5 Å². The van der Waals surface area contributed by atoms with E-state index in [0.717, 1.165) is 55.5 Å². The highest BCUT2D eigenvalue weighted by atomic mass is 127. The fourth-order valence-electron chi connectivity index (χ4n) is 2.93. The normalized spacial score (nSPS) is 12.5. The predicted octanol–water partition coefficient (Wildman–Crippen LogP) is 2.83. The molecule has 0 unspecified atom stereocenters. The first-order chi connectivity index (χ1) is 13.3. The molecule has 1 aromatic heterocycles. The summed E-state index contributed by atoms with van der Waals surface area (Å²) in [5.41, 5.74) is 2.61. The quantitative estimate of drug-likeness (QED) is 0.219. The van der Waals surface area contributed by atoms with Crippen molar-refractivity contribution in [3.63, 3.8) is 0 Å². The standard InChI is InChI=1S/C20H26N4O2S.HI/c1-21-20(23-10-3-9-22-19(25)18-4-2-13-27-18)24-11-7-15-5-6-17-16(14-15)8-12-26-17;/h2,4-6,13-14H,3,7-12H2,1H3,(H,22,25)(H2,21,23,24);1H. The van der Waals surface area contributed by atoms with Crippen LogP contribution < -0.4 is 20.7 Å². The fraction of sp³-hybridized carbons (Fsp3) is 0.400. The maximum absolute atomic E-state index is 11.8. The number of nitrogens with zero attached hydrogens (tertiary/aromatic N) is 1. The van der Waals surface area contributed by atoms with Gasteiger partial charge in [0, 0.05) is 33.1 Å². The number of hydrogen-bond acceptors (Lipinski definition) is 4. The third kappa shape index (κ3) is 6.66. The van der Waals surface area contributed by atoms with Gasteiger partial charge in [-0.25, -0.2) is 0 Å². The molecular formula is C20H27IN4O2S. The van der Waals surface area contributed by atoms with Crippen LogP contribution in [0.5, 0.6) is 5.75 Å². The van der Waals surface area contributed by atoms with E-state index >= 15 is 0 Å². The number of amides is 1. The lowest BCUT2D eigenvalue weighted by atomic mass is 10.1. The van der Waals surface area contributed by atoms with Gasteiger partial charge in [-0.2, -0.15) is 0 Å². The van der Waals surface area contributed by atoms with Crippen molar-refractivity contribution in [1.29, 1.82) is 0 Å². The maximum atomic E-state index is 11.8. The van der Waals surface area contributed by atoms with Crippen molar-refractivity contribution < 1.29 is 9.53 Å². The number of fused-ring (bicyclic) bond motifs is 1. The Morgan fingerprint density at radius 3 is 2.79 bits per heavy atom. The molecule has 8 heteroatoms. The van der Waals surface area contributed by atoms with Gasteiger partial charge in [0.2, 0.25) is 0 Å². The number of guanidine groups is 1. The van der Waals surface area contributed by atoms with Gasteiger partial charge in [-0.1, -0.05) is 18.2 Å². The Hall–Kier alpha value is -1.81. The Balaban J connectivity index is 0.00000280. The number of thiophene rings is 1. The average molecular weight is 514 g/mol. The first kappa shape index (κ1) is 22.5. The molecule has 0 fully saturated rings. The summed E-state index contributed by atoms with van der Waals surface area (Å²) in [6.07, 6.45) is 2.77. The lowest BCUT2D eigenvalue weighted by Crippen LogP contribution is -2.39. The number of rotatable bonds is 8. The van der Waals surface area contributed by atoms with Crippen LogP contribution in [-0.2, 0) is 12.8 Å². The molecule has 1 aliphatic rings. The minimum Gasteiger partial charge on any atom is -0.493 e. The number of halogens is 1. The maximum Gasteiger partial charge on any atom is 0.261 e. The monoisotopic (exact) mass is 514 g/mol. The van der Waals surface area contributed by atoms with Gasteiger partial charge in [0.1, 0.15) is 5.75 Å². The SMILES string of the molecule is CN=C(NCCCNC(=O)c1cccs1)NCCc1ccc2c(c1)CCO2.I. The van der Waals surface area contributed by atoms with Crippen molar-refractivity contribution in [2.75, 3.05) is 33.3 Å². The molecule has 0 bridgehead atoms. The molecule has 1 amide bonds. The molecule has 0 saturated carbocycles. The minimum absolute atomic E-state index is 0. The van der Waals surface area contributed by atoms with Crippen LogP contribution in [0.2, 0.25) is 0 Å². The number of carbonyl (C=O) groups excluding carboxylic acids is 1. The van der Waals surface area contributed by atoms with Gasteiger partial charge >= 0.3 is 0 Å². The van der Waals surface area contributed by atoms with E-state index < -0.39 is 0 Å². The van der Waals surface area contributed by atoms with Crippen LogP contribution in [0.3, 0.4) is 0 Å². The van der Waals surface area contributed by atoms with E-state index in [0.29, 0.717) is 6.54 Å². The molecule has 0 aliphatic carbocycles. The summed E-state index contributed by atoms with van der Waals surface area (Å²) in [5, 5.41) is 11.4. The van der Waals surface area contributed by atoms with Crippen molar-refractivity contribution in [2.45, 2.75) is 19.3 Å². The lowest BCUT2D eigenvalue weighted by Gasteiger charge is -2.12. The molecule has 2 aromatic rings. The summed E-state index contributed by atoms with van der Waals surface area (Å²) in [6.45, 7) is 2.99.